The zero-order chi connectivity index (χ0) is 13.1. The van der Waals surface area contributed by atoms with Crippen molar-refractivity contribution in [1.29, 1.82) is 0 Å². The Morgan fingerprint density at radius 1 is 1.05 bits per heavy atom. The lowest BCUT2D eigenvalue weighted by atomic mass is 10.1. The van der Waals surface area contributed by atoms with Crippen LogP contribution < -0.4 is 5.73 Å². The molecule has 3 heteroatoms. The van der Waals surface area contributed by atoms with Gasteiger partial charge < -0.3 is 10.6 Å². The minimum atomic E-state index is 0.936. The van der Waals surface area contributed by atoms with E-state index >= 15 is 0 Å². The zero-order valence-electron chi connectivity index (χ0n) is 11.7. The van der Waals surface area contributed by atoms with Crippen LogP contribution in [0.4, 0.5) is 5.69 Å². The van der Waals surface area contributed by atoms with Crippen molar-refractivity contribution in [2.45, 2.75) is 31.7 Å². The van der Waals surface area contributed by atoms with Gasteiger partial charge in [-0.1, -0.05) is 18.2 Å². The number of nitrogens with zero attached hydrogens (tertiary/aromatic N) is 2. The maximum absolute atomic E-state index is 5.98. The second kappa shape index (κ2) is 5.93. The van der Waals surface area contributed by atoms with Gasteiger partial charge in [0.15, 0.2) is 0 Å². The van der Waals surface area contributed by atoms with Crippen LogP contribution in [0.25, 0.3) is 0 Å². The molecular formula is C16H25N3. The highest BCUT2D eigenvalue weighted by Gasteiger charge is 2.30. The van der Waals surface area contributed by atoms with E-state index in [2.05, 4.69) is 21.9 Å². The molecule has 3 rings (SSSR count). The van der Waals surface area contributed by atoms with Crippen LogP contribution in [0.5, 0.6) is 0 Å². The van der Waals surface area contributed by atoms with E-state index in [0.29, 0.717) is 0 Å². The Morgan fingerprint density at radius 2 is 1.79 bits per heavy atom. The topological polar surface area (TPSA) is 32.5 Å². The molecule has 0 spiro atoms. The predicted molar refractivity (Wildman–Crippen MR) is 80.2 cm³/mol. The van der Waals surface area contributed by atoms with Gasteiger partial charge in [0.05, 0.1) is 0 Å². The standard InChI is InChI=1S/C16H25N3/c17-16-6-2-1-4-14(16)5-3-9-18-10-12-19(13-11-18)15-7-8-15/h1-2,4,6,15H,3,5,7-13,17H2. The molecule has 2 fully saturated rings. The second-order valence-corrected chi connectivity index (χ2v) is 5.91. The van der Waals surface area contributed by atoms with Gasteiger partial charge in [-0.2, -0.15) is 0 Å². The molecule has 1 aliphatic carbocycles. The van der Waals surface area contributed by atoms with Crippen LogP contribution >= 0.6 is 0 Å². The van der Waals surface area contributed by atoms with Crippen LogP contribution in [0.15, 0.2) is 24.3 Å². The van der Waals surface area contributed by atoms with E-state index < -0.39 is 0 Å². The van der Waals surface area contributed by atoms with Gasteiger partial charge in [-0.05, 0) is 43.9 Å². The van der Waals surface area contributed by atoms with Crippen molar-refractivity contribution >= 4 is 5.69 Å². The maximum Gasteiger partial charge on any atom is 0.0346 e. The van der Waals surface area contributed by atoms with Gasteiger partial charge in [0, 0.05) is 37.9 Å². The van der Waals surface area contributed by atoms with Gasteiger partial charge in [-0.3, -0.25) is 4.90 Å². The fourth-order valence-electron chi connectivity index (χ4n) is 3.05. The number of rotatable bonds is 5. The summed E-state index contributed by atoms with van der Waals surface area (Å²) in [6.45, 7) is 6.27. The van der Waals surface area contributed by atoms with Crippen LogP contribution in [0.3, 0.4) is 0 Å². The maximum atomic E-state index is 5.98. The van der Waals surface area contributed by atoms with Crippen molar-refractivity contribution in [3.05, 3.63) is 29.8 Å². The Hall–Kier alpha value is -1.06. The number of nitrogens with two attached hydrogens (primary N) is 1. The van der Waals surface area contributed by atoms with Crippen LogP contribution in [-0.2, 0) is 6.42 Å². The molecule has 1 aromatic carbocycles. The Kier molecular flexibility index (Phi) is 4.04. The molecule has 2 aliphatic rings. The van der Waals surface area contributed by atoms with E-state index in [0.717, 1.165) is 18.2 Å². The van der Waals surface area contributed by atoms with Crippen molar-refractivity contribution in [2.24, 2.45) is 0 Å². The number of hydrogen-bond donors (Lipinski definition) is 1. The first-order chi connectivity index (χ1) is 9.33. The molecule has 104 valence electrons. The SMILES string of the molecule is Nc1ccccc1CCCN1CCN(C2CC2)CC1. The summed E-state index contributed by atoms with van der Waals surface area (Å²) in [6.07, 6.45) is 5.20. The lowest BCUT2D eigenvalue weighted by molar-refractivity contribution is 0.126. The number of hydrogen-bond acceptors (Lipinski definition) is 3. The third-order valence-corrected chi connectivity index (χ3v) is 4.45. The first kappa shape index (κ1) is 12.9. The highest BCUT2D eigenvalue weighted by atomic mass is 15.3. The highest BCUT2D eigenvalue weighted by molar-refractivity contribution is 5.46. The molecule has 0 aromatic heterocycles. The molecule has 2 N–H and O–H groups in total. The van der Waals surface area contributed by atoms with Gasteiger partial charge in [0.25, 0.3) is 0 Å². The summed E-state index contributed by atoms with van der Waals surface area (Å²) in [7, 11) is 0. The minimum Gasteiger partial charge on any atom is -0.399 e. The van der Waals surface area contributed by atoms with Gasteiger partial charge in [-0.25, -0.2) is 0 Å². The number of para-hydroxylation sites is 1. The molecule has 19 heavy (non-hydrogen) atoms. The van der Waals surface area contributed by atoms with E-state index in [1.165, 1.54) is 57.5 Å². The second-order valence-electron chi connectivity index (χ2n) is 5.91. The van der Waals surface area contributed by atoms with Crippen LogP contribution in [0.1, 0.15) is 24.8 Å². The molecule has 1 aromatic rings. The van der Waals surface area contributed by atoms with E-state index in [9.17, 15) is 0 Å². The molecule has 1 saturated carbocycles. The Balaban J connectivity index is 1.37. The number of nitrogen functional groups attached to an aromatic ring is 1. The van der Waals surface area contributed by atoms with E-state index in [1.807, 2.05) is 12.1 Å². The summed E-state index contributed by atoms with van der Waals surface area (Å²) in [5.74, 6) is 0. The van der Waals surface area contributed by atoms with E-state index in [-0.39, 0.29) is 0 Å². The van der Waals surface area contributed by atoms with Gasteiger partial charge in [-0.15, -0.1) is 0 Å². The quantitative estimate of drug-likeness (QED) is 0.821. The van der Waals surface area contributed by atoms with Gasteiger partial charge in [0.1, 0.15) is 0 Å². The monoisotopic (exact) mass is 259 g/mol. The molecule has 1 aliphatic heterocycles. The summed E-state index contributed by atoms with van der Waals surface area (Å²) in [6, 6.07) is 9.19. The number of aryl methyl sites for hydroxylation is 1. The van der Waals surface area contributed by atoms with Crippen LogP contribution in [0, 0.1) is 0 Å². The molecule has 0 radical (unpaired) electrons. The summed E-state index contributed by atoms with van der Waals surface area (Å²) in [5, 5.41) is 0. The first-order valence-electron chi connectivity index (χ1n) is 7.63. The Morgan fingerprint density at radius 3 is 2.47 bits per heavy atom. The fourth-order valence-corrected chi connectivity index (χ4v) is 3.05. The molecule has 0 bridgehead atoms. The van der Waals surface area contributed by atoms with Crippen LogP contribution in [-0.4, -0.2) is 48.6 Å². The largest absolute Gasteiger partial charge is 0.399 e. The van der Waals surface area contributed by atoms with Crippen LogP contribution in [0.2, 0.25) is 0 Å². The van der Waals surface area contributed by atoms with E-state index in [1.54, 1.807) is 0 Å². The van der Waals surface area contributed by atoms with Crippen molar-refractivity contribution < 1.29 is 0 Å². The summed E-state index contributed by atoms with van der Waals surface area (Å²) in [4.78, 5) is 5.28. The summed E-state index contributed by atoms with van der Waals surface area (Å²) < 4.78 is 0. The van der Waals surface area contributed by atoms with Crippen molar-refractivity contribution in [1.82, 2.24) is 9.80 Å². The van der Waals surface area contributed by atoms with Gasteiger partial charge >= 0.3 is 0 Å². The number of benzene rings is 1. The summed E-state index contributed by atoms with van der Waals surface area (Å²) in [5.41, 5.74) is 8.23. The molecule has 0 amide bonds. The first-order valence-corrected chi connectivity index (χ1v) is 7.63. The third-order valence-electron chi connectivity index (χ3n) is 4.45. The number of piperazine rings is 1. The highest BCUT2D eigenvalue weighted by Crippen LogP contribution is 2.27. The molecule has 0 atom stereocenters. The third kappa shape index (κ3) is 3.48. The smallest absolute Gasteiger partial charge is 0.0346 e. The average molecular weight is 259 g/mol. The Bertz CT molecular complexity index is 406. The zero-order valence-corrected chi connectivity index (χ0v) is 11.7. The van der Waals surface area contributed by atoms with E-state index in [4.69, 9.17) is 5.73 Å². The summed E-state index contributed by atoms with van der Waals surface area (Å²) >= 11 is 0. The molecule has 3 nitrogen and oxygen atoms in total. The lowest BCUT2D eigenvalue weighted by Gasteiger charge is -2.34. The molecule has 1 saturated heterocycles. The van der Waals surface area contributed by atoms with Gasteiger partial charge in [0.2, 0.25) is 0 Å². The van der Waals surface area contributed by atoms with Crippen molar-refractivity contribution in [3.8, 4) is 0 Å². The molecular weight excluding hydrogens is 234 g/mol. The fraction of sp³-hybridized carbons (Fsp3) is 0.625. The molecule has 0 unspecified atom stereocenters. The predicted octanol–water partition coefficient (Wildman–Crippen LogP) is 1.98. The Labute approximate surface area is 116 Å². The average Bonchev–Trinajstić information content (AvgIpc) is 3.26. The molecule has 1 heterocycles. The lowest BCUT2D eigenvalue weighted by Crippen LogP contribution is -2.47. The van der Waals surface area contributed by atoms with Crippen molar-refractivity contribution in [2.75, 3.05) is 38.5 Å². The minimum absolute atomic E-state index is 0.936. The number of anilines is 1. The normalized spacial score (nSPS) is 21.7. The van der Waals surface area contributed by atoms with Crippen molar-refractivity contribution in [3.63, 3.8) is 0 Å².